The second-order valence-corrected chi connectivity index (χ2v) is 8.00. The summed E-state index contributed by atoms with van der Waals surface area (Å²) in [5, 5.41) is 3.41. The first-order valence-electron chi connectivity index (χ1n) is 9.91. The Balaban J connectivity index is 1.74. The highest BCUT2D eigenvalue weighted by molar-refractivity contribution is 7.80. The molecule has 0 amide bonds. The molecule has 0 atom stereocenters. The highest BCUT2D eigenvalue weighted by Crippen LogP contribution is 2.35. The summed E-state index contributed by atoms with van der Waals surface area (Å²) in [6.07, 6.45) is 3.65. The molecule has 31 heavy (non-hydrogen) atoms. The van der Waals surface area contributed by atoms with Gasteiger partial charge < -0.3 is 11.1 Å². The molecular formula is C25H23FN4S. The van der Waals surface area contributed by atoms with E-state index in [-0.39, 0.29) is 5.82 Å². The van der Waals surface area contributed by atoms with Crippen LogP contribution >= 0.6 is 12.6 Å². The molecule has 156 valence electrons. The van der Waals surface area contributed by atoms with Gasteiger partial charge in [0.1, 0.15) is 5.82 Å². The van der Waals surface area contributed by atoms with Gasteiger partial charge in [-0.25, -0.2) is 4.39 Å². The largest absolute Gasteiger partial charge is 0.398 e. The quantitative estimate of drug-likeness (QED) is 0.266. The molecular weight excluding hydrogens is 407 g/mol. The molecule has 0 aliphatic rings. The van der Waals surface area contributed by atoms with E-state index >= 15 is 0 Å². The topological polar surface area (TPSA) is 63.8 Å². The maximum absolute atomic E-state index is 13.8. The van der Waals surface area contributed by atoms with E-state index in [0.29, 0.717) is 22.7 Å². The molecule has 0 aliphatic heterocycles. The van der Waals surface area contributed by atoms with Gasteiger partial charge in [-0.2, -0.15) is 0 Å². The van der Waals surface area contributed by atoms with Crippen molar-refractivity contribution in [3.63, 3.8) is 0 Å². The lowest BCUT2D eigenvalue weighted by molar-refractivity contribution is 0.619. The summed E-state index contributed by atoms with van der Waals surface area (Å²) in [5.74, 6) is -0.236. The number of nitrogens with one attached hydrogen (secondary N) is 1. The van der Waals surface area contributed by atoms with Crippen LogP contribution in [0.4, 0.5) is 15.8 Å². The van der Waals surface area contributed by atoms with Crippen molar-refractivity contribution in [3.8, 4) is 22.4 Å². The summed E-state index contributed by atoms with van der Waals surface area (Å²) in [6, 6.07) is 16.8. The Bertz CT molecular complexity index is 1240. The minimum atomic E-state index is -0.236. The van der Waals surface area contributed by atoms with Gasteiger partial charge in [0.25, 0.3) is 0 Å². The van der Waals surface area contributed by atoms with Gasteiger partial charge in [0.05, 0.1) is 17.6 Å². The van der Waals surface area contributed by atoms with Crippen LogP contribution in [0.15, 0.2) is 71.9 Å². The Morgan fingerprint density at radius 3 is 2.45 bits per heavy atom. The van der Waals surface area contributed by atoms with E-state index in [0.717, 1.165) is 39.3 Å². The van der Waals surface area contributed by atoms with Gasteiger partial charge in [0.15, 0.2) is 0 Å². The summed E-state index contributed by atoms with van der Waals surface area (Å²) in [7, 11) is 0. The standard InChI is InChI=1S/C25H23FN4S/c1-15-9-19(5-7-22(15)26)25-21(18-6-8-23(27)24(31)10-18)11-20(14-30-25)29-13-17-4-3-16(2)28-12-17/h3-12,14,29,31H,13,27H2,1-2H3. The van der Waals surface area contributed by atoms with Crippen LogP contribution in [0.25, 0.3) is 22.4 Å². The lowest BCUT2D eigenvalue weighted by Crippen LogP contribution is -2.02. The zero-order chi connectivity index (χ0) is 22.0. The number of rotatable bonds is 5. The molecule has 2 heterocycles. The van der Waals surface area contributed by atoms with Crippen molar-refractivity contribution in [3.05, 3.63) is 89.6 Å². The normalized spacial score (nSPS) is 10.8. The van der Waals surface area contributed by atoms with Crippen LogP contribution in [-0.2, 0) is 6.54 Å². The zero-order valence-electron chi connectivity index (χ0n) is 17.4. The van der Waals surface area contributed by atoms with Crippen molar-refractivity contribution in [2.45, 2.75) is 25.3 Å². The lowest BCUT2D eigenvalue weighted by Gasteiger charge is -2.14. The van der Waals surface area contributed by atoms with Gasteiger partial charge in [-0.1, -0.05) is 12.1 Å². The molecule has 0 unspecified atom stereocenters. The number of nitrogens with two attached hydrogens (primary N) is 1. The molecule has 0 bridgehead atoms. The van der Waals surface area contributed by atoms with Crippen molar-refractivity contribution < 1.29 is 4.39 Å². The van der Waals surface area contributed by atoms with E-state index in [1.165, 1.54) is 6.07 Å². The average Bonchev–Trinajstić information content (AvgIpc) is 2.77. The smallest absolute Gasteiger partial charge is 0.126 e. The third-order valence-electron chi connectivity index (χ3n) is 5.13. The maximum atomic E-state index is 13.8. The van der Waals surface area contributed by atoms with Crippen LogP contribution in [0.1, 0.15) is 16.8 Å². The summed E-state index contributed by atoms with van der Waals surface area (Å²) in [6.45, 7) is 4.34. The highest BCUT2D eigenvalue weighted by Gasteiger charge is 2.13. The maximum Gasteiger partial charge on any atom is 0.126 e. The summed E-state index contributed by atoms with van der Waals surface area (Å²) >= 11 is 4.47. The zero-order valence-corrected chi connectivity index (χ0v) is 18.2. The highest BCUT2D eigenvalue weighted by atomic mass is 32.1. The van der Waals surface area contributed by atoms with E-state index < -0.39 is 0 Å². The third-order valence-corrected chi connectivity index (χ3v) is 5.52. The Hall–Kier alpha value is -3.38. The van der Waals surface area contributed by atoms with Crippen molar-refractivity contribution in [2.24, 2.45) is 0 Å². The molecule has 0 spiro atoms. The molecule has 6 heteroatoms. The van der Waals surface area contributed by atoms with Gasteiger partial charge in [-0.15, -0.1) is 12.6 Å². The number of benzene rings is 2. The number of halogens is 1. The number of hydrogen-bond acceptors (Lipinski definition) is 5. The van der Waals surface area contributed by atoms with Crippen LogP contribution in [0.2, 0.25) is 0 Å². The molecule has 0 saturated heterocycles. The van der Waals surface area contributed by atoms with Crippen LogP contribution in [-0.4, -0.2) is 9.97 Å². The minimum absolute atomic E-state index is 0.236. The fraction of sp³-hybridized carbons (Fsp3) is 0.120. The number of hydrogen-bond donors (Lipinski definition) is 3. The van der Waals surface area contributed by atoms with Gasteiger partial charge in [-0.3, -0.25) is 9.97 Å². The van der Waals surface area contributed by atoms with Crippen LogP contribution in [0, 0.1) is 19.7 Å². The molecule has 0 aliphatic carbocycles. The Kier molecular flexibility index (Phi) is 5.91. The Labute approximate surface area is 186 Å². The lowest BCUT2D eigenvalue weighted by atomic mass is 9.97. The van der Waals surface area contributed by atoms with Crippen LogP contribution in [0.5, 0.6) is 0 Å². The predicted molar refractivity (Wildman–Crippen MR) is 128 cm³/mol. The summed E-state index contributed by atoms with van der Waals surface area (Å²) < 4.78 is 13.8. The minimum Gasteiger partial charge on any atom is -0.398 e. The second kappa shape index (κ2) is 8.78. The number of anilines is 2. The monoisotopic (exact) mass is 430 g/mol. The van der Waals surface area contributed by atoms with Crippen molar-refractivity contribution in [1.29, 1.82) is 0 Å². The van der Waals surface area contributed by atoms with Crippen LogP contribution < -0.4 is 11.1 Å². The van der Waals surface area contributed by atoms with E-state index in [9.17, 15) is 4.39 Å². The SMILES string of the molecule is Cc1ccc(CNc2cnc(-c3ccc(F)c(C)c3)c(-c3ccc(N)c(S)c3)c2)cn1. The average molecular weight is 431 g/mol. The van der Waals surface area contributed by atoms with E-state index in [2.05, 4.69) is 22.9 Å². The molecule has 0 fully saturated rings. The first-order valence-corrected chi connectivity index (χ1v) is 10.4. The summed E-state index contributed by atoms with van der Waals surface area (Å²) in [5.41, 5.74) is 13.5. The molecule has 4 rings (SSSR count). The number of pyridine rings is 2. The molecule has 3 N–H and O–H groups in total. The fourth-order valence-electron chi connectivity index (χ4n) is 3.32. The first-order chi connectivity index (χ1) is 14.9. The molecule has 2 aromatic carbocycles. The van der Waals surface area contributed by atoms with Gasteiger partial charge in [0, 0.05) is 40.1 Å². The fourth-order valence-corrected chi connectivity index (χ4v) is 3.54. The Morgan fingerprint density at radius 2 is 1.74 bits per heavy atom. The molecule has 4 nitrogen and oxygen atoms in total. The molecule has 4 aromatic rings. The second-order valence-electron chi connectivity index (χ2n) is 7.52. The van der Waals surface area contributed by atoms with Gasteiger partial charge in [0.2, 0.25) is 0 Å². The van der Waals surface area contributed by atoms with Gasteiger partial charge >= 0.3 is 0 Å². The number of thiol groups is 1. The Morgan fingerprint density at radius 1 is 0.935 bits per heavy atom. The summed E-state index contributed by atoms with van der Waals surface area (Å²) in [4.78, 5) is 9.75. The number of nitrogen functional groups attached to an aromatic ring is 1. The van der Waals surface area contributed by atoms with E-state index in [4.69, 9.17) is 10.7 Å². The number of nitrogens with zero attached hydrogens (tertiary/aromatic N) is 2. The third kappa shape index (κ3) is 4.70. The van der Waals surface area contributed by atoms with Gasteiger partial charge in [-0.05, 0) is 73.0 Å². The molecule has 0 radical (unpaired) electrons. The van der Waals surface area contributed by atoms with Crippen molar-refractivity contribution >= 4 is 24.0 Å². The molecule has 0 saturated carbocycles. The predicted octanol–water partition coefficient (Wildman–Crippen LogP) is 6.05. The van der Waals surface area contributed by atoms with Crippen molar-refractivity contribution in [1.82, 2.24) is 9.97 Å². The molecule has 2 aromatic heterocycles. The van der Waals surface area contributed by atoms with E-state index in [1.807, 2.05) is 55.6 Å². The van der Waals surface area contributed by atoms with E-state index in [1.54, 1.807) is 19.2 Å². The first kappa shape index (κ1) is 20.9. The van der Waals surface area contributed by atoms with Crippen molar-refractivity contribution in [2.75, 3.05) is 11.1 Å². The number of aryl methyl sites for hydroxylation is 2. The van der Waals surface area contributed by atoms with Crippen LogP contribution in [0.3, 0.4) is 0 Å². The number of aromatic nitrogens is 2.